The molecule has 0 saturated carbocycles. The summed E-state index contributed by atoms with van der Waals surface area (Å²) >= 11 is 1.62. The van der Waals surface area contributed by atoms with Gasteiger partial charge in [-0.2, -0.15) is 0 Å². The van der Waals surface area contributed by atoms with Crippen molar-refractivity contribution in [2.45, 2.75) is 18.9 Å². The van der Waals surface area contributed by atoms with E-state index >= 15 is 0 Å². The van der Waals surface area contributed by atoms with Crippen molar-refractivity contribution >= 4 is 38.8 Å². The molecule has 2 heterocycles. The lowest BCUT2D eigenvalue weighted by molar-refractivity contribution is -0.384. The summed E-state index contributed by atoms with van der Waals surface area (Å²) in [5.74, 6) is -0.677. The molecule has 7 nitrogen and oxygen atoms in total. The molecule has 2 N–H and O–H groups in total. The molecule has 0 aliphatic carbocycles. The fourth-order valence-corrected chi connectivity index (χ4v) is 4.53. The lowest BCUT2D eigenvalue weighted by Gasteiger charge is -2.25. The van der Waals surface area contributed by atoms with Crippen LogP contribution >= 0.6 is 11.3 Å². The highest BCUT2D eigenvalue weighted by Crippen LogP contribution is 2.42. The van der Waals surface area contributed by atoms with Crippen LogP contribution in [0.4, 0.5) is 11.4 Å². The second kappa shape index (κ2) is 6.38. The van der Waals surface area contributed by atoms with Crippen molar-refractivity contribution < 1.29 is 9.72 Å². The van der Waals surface area contributed by atoms with E-state index < -0.39 is 10.8 Å². The zero-order valence-corrected chi connectivity index (χ0v) is 14.6. The van der Waals surface area contributed by atoms with Gasteiger partial charge < -0.3 is 10.6 Å². The molecule has 1 amide bonds. The lowest BCUT2D eigenvalue weighted by atomic mass is 10.1. The summed E-state index contributed by atoms with van der Waals surface area (Å²) in [5, 5.41) is 12.5. The van der Waals surface area contributed by atoms with Gasteiger partial charge in [-0.3, -0.25) is 14.9 Å². The first kappa shape index (κ1) is 16.5. The molecule has 0 unspecified atom stereocenters. The largest absolute Gasteiger partial charge is 0.366 e. The molecule has 8 heteroatoms. The summed E-state index contributed by atoms with van der Waals surface area (Å²) in [6, 6.07) is 12.3. The topological polar surface area (TPSA) is 102 Å². The predicted octanol–water partition coefficient (Wildman–Crippen LogP) is 3.64. The molecule has 1 aliphatic rings. The van der Waals surface area contributed by atoms with Crippen LogP contribution in [0.2, 0.25) is 0 Å². The van der Waals surface area contributed by atoms with E-state index in [0.29, 0.717) is 12.2 Å². The molecule has 132 valence electrons. The van der Waals surface area contributed by atoms with Crippen LogP contribution in [0.3, 0.4) is 0 Å². The van der Waals surface area contributed by atoms with E-state index in [1.54, 1.807) is 23.5 Å². The standard InChI is InChI=1S/C18H16N4O3S/c19-17(23)11-7-8-13(15(10-11)22(24)25)21-9-3-5-14(21)18-20-12-4-1-2-6-16(12)26-18/h1-2,4,6-8,10,14H,3,5,9H2,(H2,19,23)/t14-/m0/s1. The Morgan fingerprint density at radius 2 is 2.12 bits per heavy atom. The van der Waals surface area contributed by atoms with Crippen molar-refractivity contribution in [1.29, 1.82) is 0 Å². The van der Waals surface area contributed by atoms with E-state index in [2.05, 4.69) is 0 Å². The van der Waals surface area contributed by atoms with Crippen molar-refractivity contribution in [3.05, 3.63) is 63.1 Å². The van der Waals surface area contributed by atoms with Gasteiger partial charge in [0.2, 0.25) is 5.91 Å². The number of rotatable bonds is 4. The number of nitro groups is 1. The fourth-order valence-electron chi connectivity index (χ4n) is 3.41. The third-order valence-electron chi connectivity index (χ3n) is 4.61. The van der Waals surface area contributed by atoms with Gasteiger partial charge in [0.25, 0.3) is 5.69 Å². The number of anilines is 1. The second-order valence-corrected chi connectivity index (χ2v) is 7.26. The van der Waals surface area contributed by atoms with Crippen LogP contribution in [0, 0.1) is 10.1 Å². The molecule has 1 aliphatic heterocycles. The van der Waals surface area contributed by atoms with Crippen LogP contribution < -0.4 is 10.6 Å². The zero-order valence-electron chi connectivity index (χ0n) is 13.8. The van der Waals surface area contributed by atoms with Gasteiger partial charge in [-0.15, -0.1) is 11.3 Å². The maximum absolute atomic E-state index is 11.6. The van der Waals surface area contributed by atoms with Crippen LogP contribution in [0.15, 0.2) is 42.5 Å². The van der Waals surface area contributed by atoms with Crippen LogP contribution in [0.5, 0.6) is 0 Å². The smallest absolute Gasteiger partial charge is 0.293 e. The number of benzene rings is 2. The predicted molar refractivity (Wildman–Crippen MR) is 101 cm³/mol. The molecular formula is C18H16N4O3S. The Hall–Kier alpha value is -3.00. The fraction of sp³-hybridized carbons (Fsp3) is 0.222. The molecular weight excluding hydrogens is 352 g/mol. The SMILES string of the molecule is NC(=O)c1ccc(N2CCC[C@H]2c2nc3ccccc3s2)c([N+](=O)[O-])c1. The first-order valence-corrected chi connectivity index (χ1v) is 9.06. The van der Waals surface area contributed by atoms with Crippen LogP contribution in [-0.4, -0.2) is 22.4 Å². The number of amides is 1. The summed E-state index contributed by atoms with van der Waals surface area (Å²) in [6.45, 7) is 0.706. The van der Waals surface area contributed by atoms with Crippen LogP contribution in [-0.2, 0) is 0 Å². The summed E-state index contributed by atoms with van der Waals surface area (Å²) in [5.41, 5.74) is 6.74. The van der Waals surface area contributed by atoms with Crippen molar-refractivity contribution in [2.75, 3.05) is 11.4 Å². The van der Waals surface area contributed by atoms with E-state index in [4.69, 9.17) is 10.7 Å². The van der Waals surface area contributed by atoms with E-state index in [0.717, 1.165) is 28.1 Å². The summed E-state index contributed by atoms with van der Waals surface area (Å²) in [6.07, 6.45) is 1.81. The number of hydrogen-bond acceptors (Lipinski definition) is 6. The van der Waals surface area contributed by atoms with Gasteiger partial charge in [0.15, 0.2) is 0 Å². The Kier molecular flexibility index (Phi) is 4.04. The van der Waals surface area contributed by atoms with Gasteiger partial charge >= 0.3 is 0 Å². The van der Waals surface area contributed by atoms with Crippen LogP contribution in [0.1, 0.15) is 34.2 Å². The number of thiazole rings is 1. The van der Waals surface area contributed by atoms with Gasteiger partial charge in [-0.1, -0.05) is 12.1 Å². The molecule has 3 aromatic rings. The Bertz CT molecular complexity index is 984. The average molecular weight is 368 g/mol. The van der Waals surface area contributed by atoms with E-state index in [-0.39, 0.29) is 17.3 Å². The number of hydrogen-bond donors (Lipinski definition) is 1. The summed E-state index contributed by atoms with van der Waals surface area (Å²) < 4.78 is 1.10. The summed E-state index contributed by atoms with van der Waals surface area (Å²) in [7, 11) is 0. The molecule has 2 aromatic carbocycles. The third-order valence-corrected chi connectivity index (χ3v) is 5.75. The Morgan fingerprint density at radius 3 is 2.85 bits per heavy atom. The maximum Gasteiger partial charge on any atom is 0.293 e. The molecule has 1 saturated heterocycles. The minimum atomic E-state index is -0.677. The van der Waals surface area contributed by atoms with Crippen LogP contribution in [0.25, 0.3) is 10.2 Å². The lowest BCUT2D eigenvalue weighted by Crippen LogP contribution is -2.23. The number of primary amides is 1. The van der Waals surface area contributed by atoms with Crippen molar-refractivity contribution in [2.24, 2.45) is 5.73 Å². The molecule has 26 heavy (non-hydrogen) atoms. The Labute approximate surface area is 153 Å². The number of para-hydroxylation sites is 1. The van der Waals surface area contributed by atoms with E-state index in [9.17, 15) is 14.9 Å². The average Bonchev–Trinajstić information content (AvgIpc) is 3.27. The number of nitrogens with two attached hydrogens (primary N) is 1. The molecule has 1 fully saturated rings. The third kappa shape index (κ3) is 2.78. The first-order valence-electron chi connectivity index (χ1n) is 8.25. The first-order chi connectivity index (χ1) is 12.5. The molecule has 1 atom stereocenters. The zero-order chi connectivity index (χ0) is 18.3. The van der Waals surface area contributed by atoms with Crippen molar-refractivity contribution in [3.8, 4) is 0 Å². The molecule has 1 aromatic heterocycles. The van der Waals surface area contributed by atoms with Gasteiger partial charge in [0.1, 0.15) is 10.7 Å². The Balaban J connectivity index is 1.76. The van der Waals surface area contributed by atoms with Gasteiger partial charge in [-0.25, -0.2) is 4.98 Å². The number of aromatic nitrogens is 1. The minimum absolute atomic E-state index is 0.00877. The molecule has 0 radical (unpaired) electrons. The minimum Gasteiger partial charge on any atom is -0.366 e. The second-order valence-electron chi connectivity index (χ2n) is 6.20. The number of carbonyl (C=O) groups excluding carboxylic acids is 1. The normalized spacial score (nSPS) is 16.9. The number of carbonyl (C=O) groups is 1. The molecule has 0 bridgehead atoms. The number of nitrogens with zero attached hydrogens (tertiary/aromatic N) is 3. The maximum atomic E-state index is 11.6. The van der Waals surface area contributed by atoms with E-state index in [1.165, 1.54) is 6.07 Å². The molecule has 0 spiro atoms. The van der Waals surface area contributed by atoms with Crippen molar-refractivity contribution in [1.82, 2.24) is 4.98 Å². The van der Waals surface area contributed by atoms with Gasteiger partial charge in [0.05, 0.1) is 21.2 Å². The summed E-state index contributed by atoms with van der Waals surface area (Å²) in [4.78, 5) is 29.2. The number of nitro benzene ring substituents is 1. The molecule has 4 rings (SSSR count). The van der Waals surface area contributed by atoms with E-state index in [1.807, 2.05) is 29.2 Å². The quantitative estimate of drug-likeness (QED) is 0.559. The highest BCUT2D eigenvalue weighted by atomic mass is 32.1. The van der Waals surface area contributed by atoms with Gasteiger partial charge in [-0.05, 0) is 37.1 Å². The van der Waals surface area contributed by atoms with Crippen molar-refractivity contribution in [3.63, 3.8) is 0 Å². The van der Waals surface area contributed by atoms with Gasteiger partial charge in [0, 0.05) is 18.2 Å². The highest BCUT2D eigenvalue weighted by Gasteiger charge is 2.33. The highest BCUT2D eigenvalue weighted by molar-refractivity contribution is 7.18. The Morgan fingerprint density at radius 1 is 1.31 bits per heavy atom. The monoisotopic (exact) mass is 368 g/mol. The number of fused-ring (bicyclic) bond motifs is 1.